The molecule has 0 aromatic carbocycles. The van der Waals surface area contributed by atoms with Crippen LogP contribution in [0.5, 0.6) is 0 Å². The highest BCUT2D eigenvalue weighted by Gasteiger charge is 2.27. The molecule has 0 saturated carbocycles. The summed E-state index contributed by atoms with van der Waals surface area (Å²) in [7, 11) is 0. The van der Waals surface area contributed by atoms with Crippen LogP contribution in [0.4, 0.5) is 11.5 Å². The third kappa shape index (κ3) is 3.27. The summed E-state index contributed by atoms with van der Waals surface area (Å²) in [6.45, 7) is 4.07. The van der Waals surface area contributed by atoms with Gasteiger partial charge in [-0.2, -0.15) is 0 Å². The minimum Gasteiger partial charge on any atom is -0.383 e. The van der Waals surface area contributed by atoms with Crippen molar-refractivity contribution < 1.29 is 9.72 Å². The molecule has 0 radical (unpaired) electrons. The van der Waals surface area contributed by atoms with Gasteiger partial charge in [0.1, 0.15) is 12.0 Å². The summed E-state index contributed by atoms with van der Waals surface area (Å²) < 4.78 is 0. The standard InChI is InChI=1S/C13H19N5O3/c1-8-4-3-5-9(2)17(8)16-13(19)11-6-10(18(20)21)7-15-12(11)14/h6-9H,3-5H2,1-2H3,(H2,14,15)(H,16,19). The van der Waals surface area contributed by atoms with Crippen molar-refractivity contribution in [1.82, 2.24) is 15.4 Å². The Kier molecular flexibility index (Phi) is 4.37. The Morgan fingerprint density at radius 3 is 2.67 bits per heavy atom. The Morgan fingerprint density at radius 2 is 2.10 bits per heavy atom. The van der Waals surface area contributed by atoms with E-state index >= 15 is 0 Å². The Morgan fingerprint density at radius 1 is 1.48 bits per heavy atom. The van der Waals surface area contributed by atoms with Crippen LogP contribution in [-0.4, -0.2) is 32.9 Å². The molecule has 1 aromatic heterocycles. The molecular formula is C13H19N5O3. The van der Waals surface area contributed by atoms with E-state index in [2.05, 4.69) is 10.4 Å². The van der Waals surface area contributed by atoms with Gasteiger partial charge in [0.25, 0.3) is 11.6 Å². The number of anilines is 1. The van der Waals surface area contributed by atoms with Crippen LogP contribution >= 0.6 is 0 Å². The normalized spacial score (nSPS) is 22.8. The predicted molar refractivity (Wildman–Crippen MR) is 77.4 cm³/mol. The van der Waals surface area contributed by atoms with E-state index in [1.54, 1.807) is 0 Å². The van der Waals surface area contributed by atoms with Gasteiger partial charge in [0.2, 0.25) is 0 Å². The number of rotatable bonds is 3. The van der Waals surface area contributed by atoms with Crippen molar-refractivity contribution in [2.24, 2.45) is 0 Å². The first-order valence-electron chi connectivity index (χ1n) is 6.89. The summed E-state index contributed by atoms with van der Waals surface area (Å²) in [5, 5.41) is 12.6. The highest BCUT2D eigenvalue weighted by molar-refractivity contribution is 5.98. The molecule has 2 unspecified atom stereocenters. The Labute approximate surface area is 122 Å². The SMILES string of the molecule is CC1CCCC(C)N1NC(=O)c1cc([N+](=O)[O-])cnc1N. The molecule has 1 saturated heterocycles. The predicted octanol–water partition coefficient (Wildman–Crippen LogP) is 1.48. The number of hydrazine groups is 1. The number of hydrogen-bond acceptors (Lipinski definition) is 6. The second-order valence-electron chi connectivity index (χ2n) is 5.36. The third-order valence-corrected chi connectivity index (χ3v) is 3.78. The van der Waals surface area contributed by atoms with Gasteiger partial charge >= 0.3 is 0 Å². The van der Waals surface area contributed by atoms with E-state index in [1.807, 2.05) is 18.9 Å². The largest absolute Gasteiger partial charge is 0.383 e. The summed E-state index contributed by atoms with van der Waals surface area (Å²) in [4.78, 5) is 26.2. The molecule has 1 aliphatic heterocycles. The Hall–Kier alpha value is -2.22. The molecule has 1 fully saturated rings. The minimum absolute atomic E-state index is 0.0181. The lowest BCUT2D eigenvalue weighted by Gasteiger charge is -2.38. The van der Waals surface area contributed by atoms with Crippen LogP contribution in [0.15, 0.2) is 12.3 Å². The summed E-state index contributed by atoms with van der Waals surface area (Å²) in [6, 6.07) is 1.58. The number of nitrogens with one attached hydrogen (secondary N) is 1. The lowest BCUT2D eigenvalue weighted by Crippen LogP contribution is -2.54. The van der Waals surface area contributed by atoms with Crippen LogP contribution in [0.1, 0.15) is 43.5 Å². The van der Waals surface area contributed by atoms with E-state index in [4.69, 9.17) is 5.73 Å². The van der Waals surface area contributed by atoms with Crippen molar-refractivity contribution >= 4 is 17.4 Å². The fourth-order valence-corrected chi connectivity index (χ4v) is 2.57. The molecule has 1 aromatic rings. The van der Waals surface area contributed by atoms with Gasteiger partial charge in [-0.05, 0) is 26.7 Å². The monoisotopic (exact) mass is 293 g/mol. The smallest absolute Gasteiger partial charge is 0.288 e. The van der Waals surface area contributed by atoms with Gasteiger partial charge in [-0.25, -0.2) is 9.99 Å². The van der Waals surface area contributed by atoms with Crippen LogP contribution in [0.2, 0.25) is 0 Å². The van der Waals surface area contributed by atoms with Crippen LogP contribution in [0.25, 0.3) is 0 Å². The van der Waals surface area contributed by atoms with Gasteiger partial charge in [-0.15, -0.1) is 0 Å². The summed E-state index contributed by atoms with van der Waals surface area (Å²) in [5.41, 5.74) is 8.21. The molecule has 114 valence electrons. The molecule has 1 aliphatic rings. The molecule has 0 bridgehead atoms. The van der Waals surface area contributed by atoms with Crippen LogP contribution in [0, 0.1) is 10.1 Å². The number of piperidine rings is 1. The maximum atomic E-state index is 12.3. The number of nitro groups is 1. The average Bonchev–Trinajstić information content (AvgIpc) is 2.43. The third-order valence-electron chi connectivity index (χ3n) is 3.78. The lowest BCUT2D eigenvalue weighted by molar-refractivity contribution is -0.385. The van der Waals surface area contributed by atoms with Crippen LogP contribution in [-0.2, 0) is 0 Å². The summed E-state index contributed by atoms with van der Waals surface area (Å²) in [6.07, 6.45) is 4.15. The molecule has 21 heavy (non-hydrogen) atoms. The first-order chi connectivity index (χ1) is 9.90. The molecule has 0 spiro atoms. The molecule has 2 heterocycles. The van der Waals surface area contributed by atoms with E-state index in [-0.39, 0.29) is 29.2 Å². The quantitative estimate of drug-likeness (QED) is 0.644. The molecule has 8 nitrogen and oxygen atoms in total. The topological polar surface area (TPSA) is 114 Å². The fourth-order valence-electron chi connectivity index (χ4n) is 2.57. The van der Waals surface area contributed by atoms with Crippen molar-refractivity contribution in [3.63, 3.8) is 0 Å². The maximum Gasteiger partial charge on any atom is 0.288 e. The number of carbonyl (C=O) groups excluding carboxylic acids is 1. The number of carbonyl (C=O) groups is 1. The molecule has 1 amide bonds. The zero-order valence-electron chi connectivity index (χ0n) is 12.1. The van der Waals surface area contributed by atoms with Crippen molar-refractivity contribution in [2.75, 3.05) is 5.73 Å². The number of nitrogen functional groups attached to an aromatic ring is 1. The van der Waals surface area contributed by atoms with Gasteiger partial charge in [-0.3, -0.25) is 20.3 Å². The molecule has 0 aliphatic carbocycles. The highest BCUT2D eigenvalue weighted by atomic mass is 16.6. The fraction of sp³-hybridized carbons (Fsp3) is 0.538. The van der Waals surface area contributed by atoms with Gasteiger partial charge in [0.05, 0.1) is 10.5 Å². The van der Waals surface area contributed by atoms with Gasteiger partial charge < -0.3 is 5.73 Å². The molecule has 2 rings (SSSR count). The number of amides is 1. The summed E-state index contributed by atoms with van der Waals surface area (Å²) in [5.74, 6) is -0.486. The van der Waals surface area contributed by atoms with Gasteiger partial charge in [0, 0.05) is 18.2 Å². The Balaban J connectivity index is 2.20. The molecule has 8 heteroatoms. The molecular weight excluding hydrogens is 274 g/mol. The van der Waals surface area contributed by atoms with Gasteiger partial charge in [0.15, 0.2) is 0 Å². The van der Waals surface area contributed by atoms with E-state index in [0.717, 1.165) is 31.5 Å². The number of pyridine rings is 1. The van der Waals surface area contributed by atoms with Crippen LogP contribution < -0.4 is 11.2 Å². The highest BCUT2D eigenvalue weighted by Crippen LogP contribution is 2.22. The first-order valence-corrected chi connectivity index (χ1v) is 6.89. The van der Waals surface area contributed by atoms with Crippen molar-refractivity contribution in [3.05, 3.63) is 27.9 Å². The number of nitrogens with zero attached hydrogens (tertiary/aromatic N) is 3. The van der Waals surface area contributed by atoms with Crippen LogP contribution in [0.3, 0.4) is 0 Å². The number of hydrogen-bond donors (Lipinski definition) is 2. The van der Waals surface area contributed by atoms with E-state index < -0.39 is 10.8 Å². The van der Waals surface area contributed by atoms with E-state index in [1.165, 1.54) is 0 Å². The van der Waals surface area contributed by atoms with E-state index in [9.17, 15) is 14.9 Å². The number of aromatic nitrogens is 1. The van der Waals surface area contributed by atoms with Crippen molar-refractivity contribution in [1.29, 1.82) is 0 Å². The number of nitrogens with two attached hydrogens (primary N) is 1. The summed E-state index contributed by atoms with van der Waals surface area (Å²) >= 11 is 0. The maximum absolute atomic E-state index is 12.3. The van der Waals surface area contributed by atoms with Crippen molar-refractivity contribution in [3.8, 4) is 0 Å². The van der Waals surface area contributed by atoms with Crippen molar-refractivity contribution in [2.45, 2.75) is 45.2 Å². The zero-order valence-corrected chi connectivity index (χ0v) is 12.1. The minimum atomic E-state index is -0.602. The average molecular weight is 293 g/mol. The second kappa shape index (κ2) is 6.04. The molecule has 2 atom stereocenters. The van der Waals surface area contributed by atoms with Gasteiger partial charge in [-0.1, -0.05) is 6.42 Å². The molecule has 3 N–H and O–H groups in total. The first kappa shape index (κ1) is 15.2. The lowest BCUT2D eigenvalue weighted by atomic mass is 10.00. The zero-order chi connectivity index (χ0) is 15.6. The second-order valence-corrected chi connectivity index (χ2v) is 5.36. The van der Waals surface area contributed by atoms with E-state index in [0.29, 0.717) is 0 Å². The Bertz CT molecular complexity index is 553.